The fourth-order valence-corrected chi connectivity index (χ4v) is 1.07. The molecule has 1 rings (SSSR count). The molecule has 0 aliphatic heterocycles. The summed E-state index contributed by atoms with van der Waals surface area (Å²) in [5.74, 6) is 0. The van der Waals surface area contributed by atoms with Crippen LogP contribution in [0.1, 0.15) is 6.92 Å². The van der Waals surface area contributed by atoms with E-state index >= 15 is 0 Å². The molecule has 2 N–H and O–H groups in total. The highest BCUT2D eigenvalue weighted by atomic mass is 35.5. The SMILES string of the molecule is CC(=S)NC(=O)Nc1ccc(Cl)cc1. The van der Waals surface area contributed by atoms with Crippen molar-refractivity contribution in [3.8, 4) is 0 Å². The number of carbonyl (C=O) groups excluding carboxylic acids is 1. The Hall–Kier alpha value is -1.13. The van der Waals surface area contributed by atoms with Gasteiger partial charge in [0.15, 0.2) is 0 Å². The van der Waals surface area contributed by atoms with Crippen LogP contribution in [0.4, 0.5) is 10.5 Å². The van der Waals surface area contributed by atoms with Gasteiger partial charge in [0.1, 0.15) is 0 Å². The highest BCUT2D eigenvalue weighted by Gasteiger charge is 2.00. The van der Waals surface area contributed by atoms with Crippen LogP contribution in [0.15, 0.2) is 24.3 Å². The quantitative estimate of drug-likeness (QED) is 0.726. The third-order valence-corrected chi connectivity index (χ3v) is 1.75. The monoisotopic (exact) mass is 228 g/mol. The molecule has 14 heavy (non-hydrogen) atoms. The Balaban J connectivity index is 2.56. The van der Waals surface area contributed by atoms with E-state index in [1.54, 1.807) is 31.2 Å². The summed E-state index contributed by atoms with van der Waals surface area (Å²) in [6.45, 7) is 1.64. The zero-order valence-electron chi connectivity index (χ0n) is 7.50. The summed E-state index contributed by atoms with van der Waals surface area (Å²) in [6.07, 6.45) is 0. The van der Waals surface area contributed by atoms with Crippen molar-refractivity contribution in [2.75, 3.05) is 5.32 Å². The van der Waals surface area contributed by atoms with Crippen LogP contribution in [0.5, 0.6) is 0 Å². The Bertz CT molecular complexity index is 350. The Morgan fingerprint density at radius 1 is 1.36 bits per heavy atom. The van der Waals surface area contributed by atoms with Crippen LogP contribution in [0.2, 0.25) is 5.02 Å². The van der Waals surface area contributed by atoms with Crippen LogP contribution >= 0.6 is 23.8 Å². The molecule has 1 aromatic rings. The third-order valence-electron chi connectivity index (χ3n) is 1.39. The predicted molar refractivity (Wildman–Crippen MR) is 61.9 cm³/mol. The number of nitrogens with one attached hydrogen (secondary N) is 2. The molecule has 0 spiro atoms. The van der Waals surface area contributed by atoms with E-state index in [1.807, 2.05) is 0 Å². The first-order chi connectivity index (χ1) is 6.58. The minimum Gasteiger partial charge on any atom is -0.308 e. The molecule has 0 bridgehead atoms. The zero-order valence-corrected chi connectivity index (χ0v) is 9.08. The number of carbonyl (C=O) groups is 1. The smallest absolute Gasteiger partial charge is 0.308 e. The second kappa shape index (κ2) is 4.93. The number of benzene rings is 1. The molecule has 0 atom stereocenters. The maximum absolute atomic E-state index is 11.2. The molecule has 0 fully saturated rings. The molecular weight excluding hydrogens is 220 g/mol. The molecule has 0 heterocycles. The van der Waals surface area contributed by atoms with Crippen molar-refractivity contribution in [3.63, 3.8) is 0 Å². The van der Waals surface area contributed by atoms with Gasteiger partial charge in [0, 0.05) is 10.7 Å². The lowest BCUT2D eigenvalue weighted by Gasteiger charge is -2.05. The second-order valence-electron chi connectivity index (χ2n) is 2.64. The molecular formula is C9H9ClN2OS. The van der Waals surface area contributed by atoms with Crippen LogP contribution in [0.25, 0.3) is 0 Å². The largest absolute Gasteiger partial charge is 0.324 e. The van der Waals surface area contributed by atoms with Crippen molar-refractivity contribution in [3.05, 3.63) is 29.3 Å². The Morgan fingerprint density at radius 3 is 2.43 bits per heavy atom. The summed E-state index contributed by atoms with van der Waals surface area (Å²) in [5.41, 5.74) is 0.670. The van der Waals surface area contributed by atoms with E-state index in [-0.39, 0.29) is 6.03 Å². The zero-order chi connectivity index (χ0) is 10.6. The average molecular weight is 229 g/mol. The third kappa shape index (κ3) is 3.72. The number of anilines is 1. The fourth-order valence-electron chi connectivity index (χ4n) is 0.855. The van der Waals surface area contributed by atoms with Gasteiger partial charge in [-0.05, 0) is 31.2 Å². The van der Waals surface area contributed by atoms with Crippen molar-refractivity contribution >= 4 is 40.5 Å². The van der Waals surface area contributed by atoms with Gasteiger partial charge in [0.05, 0.1) is 4.99 Å². The highest BCUT2D eigenvalue weighted by molar-refractivity contribution is 7.80. The van der Waals surface area contributed by atoms with Gasteiger partial charge >= 0.3 is 6.03 Å². The lowest BCUT2D eigenvalue weighted by atomic mass is 10.3. The molecule has 74 valence electrons. The van der Waals surface area contributed by atoms with Crippen LogP contribution in [-0.4, -0.2) is 11.0 Å². The summed E-state index contributed by atoms with van der Waals surface area (Å²) < 4.78 is 0. The highest BCUT2D eigenvalue weighted by Crippen LogP contribution is 2.12. The molecule has 1 aromatic carbocycles. The van der Waals surface area contributed by atoms with Crippen LogP contribution < -0.4 is 10.6 Å². The van der Waals surface area contributed by atoms with Crippen molar-refractivity contribution in [2.45, 2.75) is 6.92 Å². The number of hydrogen-bond donors (Lipinski definition) is 2. The number of rotatable bonds is 1. The van der Waals surface area contributed by atoms with E-state index in [4.69, 9.17) is 23.8 Å². The van der Waals surface area contributed by atoms with Crippen molar-refractivity contribution in [1.82, 2.24) is 5.32 Å². The van der Waals surface area contributed by atoms with Gasteiger partial charge in [-0.1, -0.05) is 23.8 Å². The van der Waals surface area contributed by atoms with Crippen LogP contribution in [-0.2, 0) is 0 Å². The summed E-state index contributed by atoms with van der Waals surface area (Å²) in [5, 5.41) is 5.69. The molecule has 5 heteroatoms. The molecule has 0 unspecified atom stereocenters. The molecule has 0 aliphatic carbocycles. The minimum atomic E-state index is -0.347. The number of urea groups is 1. The molecule has 3 nitrogen and oxygen atoms in total. The van der Waals surface area contributed by atoms with E-state index in [9.17, 15) is 4.79 Å². The van der Waals surface area contributed by atoms with Crippen molar-refractivity contribution in [2.24, 2.45) is 0 Å². The molecule has 0 aromatic heterocycles. The minimum absolute atomic E-state index is 0.347. The molecule has 0 aliphatic rings. The van der Waals surface area contributed by atoms with Gasteiger partial charge in [0.25, 0.3) is 0 Å². The molecule has 2 amide bonds. The first-order valence-corrected chi connectivity index (χ1v) is 4.70. The van der Waals surface area contributed by atoms with Gasteiger partial charge in [-0.25, -0.2) is 4.79 Å². The summed E-state index contributed by atoms with van der Waals surface area (Å²) in [6, 6.07) is 6.46. The maximum Gasteiger partial charge on any atom is 0.324 e. The van der Waals surface area contributed by atoms with Crippen molar-refractivity contribution < 1.29 is 4.79 Å². The summed E-state index contributed by atoms with van der Waals surface area (Å²) in [4.78, 5) is 11.6. The van der Waals surface area contributed by atoms with Gasteiger partial charge in [-0.15, -0.1) is 0 Å². The maximum atomic E-state index is 11.2. The Kier molecular flexibility index (Phi) is 3.85. The standard InChI is InChI=1S/C9H9ClN2OS/c1-6(14)11-9(13)12-8-4-2-7(10)3-5-8/h2-5H,1H3,(H2,11,12,13,14). The second-order valence-corrected chi connectivity index (χ2v) is 3.69. The summed E-state index contributed by atoms with van der Waals surface area (Å²) in [7, 11) is 0. The van der Waals surface area contributed by atoms with Gasteiger partial charge < -0.3 is 10.6 Å². The lowest BCUT2D eigenvalue weighted by Crippen LogP contribution is -2.31. The first kappa shape index (κ1) is 10.9. The molecule has 0 saturated carbocycles. The molecule has 0 saturated heterocycles. The first-order valence-electron chi connectivity index (χ1n) is 3.92. The van der Waals surface area contributed by atoms with E-state index in [1.165, 1.54) is 0 Å². The van der Waals surface area contributed by atoms with Crippen LogP contribution in [0, 0.1) is 0 Å². The van der Waals surface area contributed by atoms with Gasteiger partial charge in [-0.2, -0.15) is 0 Å². The number of halogens is 1. The number of amides is 2. The van der Waals surface area contributed by atoms with Crippen LogP contribution in [0.3, 0.4) is 0 Å². The lowest BCUT2D eigenvalue weighted by molar-refractivity contribution is 0.256. The number of hydrogen-bond acceptors (Lipinski definition) is 2. The fraction of sp³-hybridized carbons (Fsp3) is 0.111. The van der Waals surface area contributed by atoms with Gasteiger partial charge in [0.2, 0.25) is 0 Å². The summed E-state index contributed by atoms with van der Waals surface area (Å²) >= 11 is 10.4. The van der Waals surface area contributed by atoms with E-state index in [0.717, 1.165) is 0 Å². The topological polar surface area (TPSA) is 41.1 Å². The predicted octanol–water partition coefficient (Wildman–Crippen LogP) is 2.81. The van der Waals surface area contributed by atoms with Gasteiger partial charge in [-0.3, -0.25) is 0 Å². The number of thiocarbonyl (C=S) groups is 1. The molecule has 0 radical (unpaired) electrons. The Labute approximate surface area is 92.4 Å². The Morgan fingerprint density at radius 2 is 1.93 bits per heavy atom. The normalized spacial score (nSPS) is 9.29. The van der Waals surface area contributed by atoms with E-state index < -0.39 is 0 Å². The van der Waals surface area contributed by atoms with Crippen molar-refractivity contribution in [1.29, 1.82) is 0 Å². The van der Waals surface area contributed by atoms with E-state index in [2.05, 4.69) is 10.6 Å². The van der Waals surface area contributed by atoms with E-state index in [0.29, 0.717) is 15.7 Å². The average Bonchev–Trinajstić information content (AvgIpc) is 2.07.